The summed E-state index contributed by atoms with van der Waals surface area (Å²) >= 11 is 0. The van der Waals surface area contributed by atoms with E-state index in [0.717, 1.165) is 32.6 Å². The minimum atomic E-state index is -0.145. The number of nitrogens with zero attached hydrogens (tertiary/aromatic N) is 2. The molecule has 3 atom stereocenters. The molecule has 0 spiro atoms. The van der Waals surface area contributed by atoms with Crippen LogP contribution in [0.2, 0.25) is 0 Å². The number of fused-ring (bicyclic) bond motifs is 2. The van der Waals surface area contributed by atoms with E-state index in [-0.39, 0.29) is 18.0 Å². The number of amides is 3. The van der Waals surface area contributed by atoms with Gasteiger partial charge < -0.3 is 25.2 Å². The Morgan fingerprint density at radius 3 is 2.54 bits per heavy atom. The van der Waals surface area contributed by atoms with E-state index in [1.54, 1.807) is 0 Å². The van der Waals surface area contributed by atoms with Crippen molar-refractivity contribution in [3.8, 4) is 0 Å². The van der Waals surface area contributed by atoms with Crippen molar-refractivity contribution in [3.63, 3.8) is 0 Å². The fourth-order valence-corrected chi connectivity index (χ4v) is 5.04. The van der Waals surface area contributed by atoms with Crippen LogP contribution in [-0.4, -0.2) is 73.7 Å². The van der Waals surface area contributed by atoms with E-state index in [2.05, 4.69) is 22.8 Å². The molecule has 1 aliphatic carbocycles. The highest BCUT2D eigenvalue weighted by Crippen LogP contribution is 2.51. The molecule has 2 saturated heterocycles. The second-order valence-corrected chi connectivity index (χ2v) is 8.43. The Balaban J connectivity index is 1.07. The van der Waals surface area contributed by atoms with Crippen molar-refractivity contribution in [2.24, 2.45) is 17.8 Å². The molecular formula is C21H28N4O3. The number of piperidine rings is 1. The van der Waals surface area contributed by atoms with Gasteiger partial charge in [-0.1, -0.05) is 24.3 Å². The van der Waals surface area contributed by atoms with Gasteiger partial charge in [-0.05, 0) is 35.3 Å². The summed E-state index contributed by atoms with van der Waals surface area (Å²) in [6.45, 7) is 5.81. The Morgan fingerprint density at radius 2 is 1.79 bits per heavy atom. The summed E-state index contributed by atoms with van der Waals surface area (Å²) < 4.78 is 5.33. The average molecular weight is 384 g/mol. The first-order valence-corrected chi connectivity index (χ1v) is 10.4. The summed E-state index contributed by atoms with van der Waals surface area (Å²) in [4.78, 5) is 29.0. The predicted molar refractivity (Wildman–Crippen MR) is 104 cm³/mol. The summed E-state index contributed by atoms with van der Waals surface area (Å²) in [6.07, 6.45) is 0.751. The van der Waals surface area contributed by atoms with Gasteiger partial charge in [-0.25, -0.2) is 4.79 Å². The fraction of sp³-hybridized carbons (Fsp3) is 0.619. The van der Waals surface area contributed by atoms with Crippen LogP contribution >= 0.6 is 0 Å². The van der Waals surface area contributed by atoms with Crippen LogP contribution in [0.25, 0.3) is 0 Å². The molecule has 3 unspecified atom stereocenters. The number of carbonyl (C=O) groups is 2. The molecule has 1 saturated carbocycles. The first kappa shape index (κ1) is 17.9. The zero-order chi connectivity index (χ0) is 19.1. The topological polar surface area (TPSA) is 73.9 Å². The number of urea groups is 1. The molecule has 0 bridgehead atoms. The van der Waals surface area contributed by atoms with E-state index in [1.807, 2.05) is 21.9 Å². The van der Waals surface area contributed by atoms with Gasteiger partial charge in [0.05, 0.1) is 19.3 Å². The maximum absolute atomic E-state index is 12.6. The second kappa shape index (κ2) is 7.37. The van der Waals surface area contributed by atoms with Crippen molar-refractivity contribution in [1.29, 1.82) is 0 Å². The van der Waals surface area contributed by atoms with Crippen LogP contribution in [0.5, 0.6) is 0 Å². The highest BCUT2D eigenvalue weighted by atomic mass is 16.5. The van der Waals surface area contributed by atoms with Gasteiger partial charge in [0, 0.05) is 39.3 Å². The van der Waals surface area contributed by atoms with Gasteiger partial charge in [0.2, 0.25) is 5.91 Å². The molecular weight excluding hydrogens is 356 g/mol. The average Bonchev–Trinajstić information content (AvgIpc) is 3.20. The molecule has 7 heteroatoms. The number of carbonyl (C=O) groups excluding carboxylic acids is 2. The predicted octanol–water partition coefficient (Wildman–Crippen LogP) is 0.447. The molecule has 150 valence electrons. The van der Waals surface area contributed by atoms with E-state index in [9.17, 15) is 9.59 Å². The summed E-state index contributed by atoms with van der Waals surface area (Å²) in [7, 11) is 0. The third-order valence-electron chi connectivity index (χ3n) is 6.83. The van der Waals surface area contributed by atoms with E-state index in [4.69, 9.17) is 4.74 Å². The van der Waals surface area contributed by atoms with Crippen molar-refractivity contribution < 1.29 is 14.3 Å². The second-order valence-electron chi connectivity index (χ2n) is 8.43. The maximum Gasteiger partial charge on any atom is 0.320 e. The molecule has 3 aliphatic heterocycles. The Bertz CT molecular complexity index is 752. The quantitative estimate of drug-likeness (QED) is 0.794. The molecule has 0 aromatic heterocycles. The molecule has 3 amide bonds. The van der Waals surface area contributed by atoms with Gasteiger partial charge in [-0.15, -0.1) is 0 Å². The number of morpholine rings is 1. The molecule has 1 aromatic carbocycles. The summed E-state index contributed by atoms with van der Waals surface area (Å²) in [5, 5.41) is 6.50. The van der Waals surface area contributed by atoms with Crippen LogP contribution < -0.4 is 10.6 Å². The van der Waals surface area contributed by atoms with Crippen molar-refractivity contribution in [3.05, 3.63) is 35.4 Å². The number of hydrogen-bond acceptors (Lipinski definition) is 4. The number of ether oxygens (including phenoxy) is 1. The smallest absolute Gasteiger partial charge is 0.320 e. The SMILES string of the molecule is O=C(NCC1C2CN(C(=O)N3CCOCC3)CC12)C1Cc2ccccc2CN1. The fourth-order valence-electron chi connectivity index (χ4n) is 5.04. The van der Waals surface area contributed by atoms with Crippen molar-refractivity contribution in [1.82, 2.24) is 20.4 Å². The summed E-state index contributed by atoms with van der Waals surface area (Å²) in [6, 6.07) is 8.32. The zero-order valence-corrected chi connectivity index (χ0v) is 16.1. The molecule has 1 aromatic rings. The van der Waals surface area contributed by atoms with Crippen molar-refractivity contribution in [2.75, 3.05) is 45.9 Å². The lowest BCUT2D eigenvalue weighted by Crippen LogP contribution is -2.49. The Kier molecular flexibility index (Phi) is 4.72. The highest BCUT2D eigenvalue weighted by molar-refractivity contribution is 5.82. The van der Waals surface area contributed by atoms with E-state index in [1.165, 1.54) is 11.1 Å². The van der Waals surface area contributed by atoms with Crippen molar-refractivity contribution >= 4 is 11.9 Å². The zero-order valence-electron chi connectivity index (χ0n) is 16.1. The van der Waals surface area contributed by atoms with Gasteiger partial charge in [0.15, 0.2) is 0 Å². The van der Waals surface area contributed by atoms with Gasteiger partial charge >= 0.3 is 6.03 Å². The molecule has 4 aliphatic rings. The van der Waals surface area contributed by atoms with Gasteiger partial charge in [0.1, 0.15) is 0 Å². The molecule has 28 heavy (non-hydrogen) atoms. The van der Waals surface area contributed by atoms with Gasteiger partial charge in [-0.3, -0.25) is 4.79 Å². The minimum Gasteiger partial charge on any atom is -0.378 e. The monoisotopic (exact) mass is 384 g/mol. The third kappa shape index (κ3) is 3.37. The normalized spacial score (nSPS) is 31.1. The van der Waals surface area contributed by atoms with Crippen LogP contribution in [0.1, 0.15) is 11.1 Å². The minimum absolute atomic E-state index is 0.0979. The van der Waals surface area contributed by atoms with Crippen LogP contribution in [0, 0.1) is 17.8 Å². The van der Waals surface area contributed by atoms with Crippen LogP contribution in [-0.2, 0) is 22.5 Å². The van der Waals surface area contributed by atoms with Crippen LogP contribution in [0.4, 0.5) is 4.79 Å². The Morgan fingerprint density at radius 1 is 1.07 bits per heavy atom. The lowest BCUT2D eigenvalue weighted by atomic mass is 9.95. The molecule has 5 rings (SSSR count). The van der Waals surface area contributed by atoms with Crippen LogP contribution in [0.3, 0.4) is 0 Å². The standard InChI is InChI=1S/C21H28N4O3/c26-20(19-9-14-3-1-2-4-15(14)10-22-19)23-11-16-17-12-25(13-18(16)17)21(27)24-5-7-28-8-6-24/h1-4,16-19,22H,5-13H2,(H,23,26). The molecule has 0 radical (unpaired) electrons. The van der Waals surface area contributed by atoms with Gasteiger partial charge in [-0.2, -0.15) is 0 Å². The lowest BCUT2D eigenvalue weighted by molar-refractivity contribution is -0.123. The first-order valence-electron chi connectivity index (χ1n) is 10.4. The first-order chi connectivity index (χ1) is 13.7. The number of rotatable bonds is 3. The Hall–Kier alpha value is -2.12. The number of benzene rings is 1. The molecule has 2 N–H and O–H groups in total. The maximum atomic E-state index is 12.6. The van der Waals surface area contributed by atoms with Crippen molar-refractivity contribution in [2.45, 2.75) is 19.0 Å². The van der Waals surface area contributed by atoms with E-state index >= 15 is 0 Å². The third-order valence-corrected chi connectivity index (χ3v) is 6.83. The molecule has 7 nitrogen and oxygen atoms in total. The summed E-state index contributed by atoms with van der Waals surface area (Å²) in [5.41, 5.74) is 2.55. The number of nitrogens with one attached hydrogen (secondary N) is 2. The molecule has 3 fully saturated rings. The molecule has 3 heterocycles. The van der Waals surface area contributed by atoms with E-state index in [0.29, 0.717) is 44.1 Å². The number of likely N-dealkylation sites (tertiary alicyclic amines) is 1. The summed E-state index contributed by atoms with van der Waals surface area (Å²) in [5.74, 6) is 1.71. The van der Waals surface area contributed by atoms with E-state index < -0.39 is 0 Å². The number of hydrogen-bond donors (Lipinski definition) is 2. The van der Waals surface area contributed by atoms with Crippen LogP contribution in [0.15, 0.2) is 24.3 Å². The lowest BCUT2D eigenvalue weighted by Gasteiger charge is -2.32. The highest BCUT2D eigenvalue weighted by Gasteiger charge is 2.56. The Labute approximate surface area is 165 Å². The van der Waals surface area contributed by atoms with Gasteiger partial charge in [0.25, 0.3) is 0 Å². The largest absolute Gasteiger partial charge is 0.378 e.